The average molecular weight is 231 g/mol. The molecule has 1 amide bonds. The maximum absolute atomic E-state index is 11.3. The molecule has 0 aliphatic rings. The fraction of sp³-hybridized carbons (Fsp3) is 0.833. The van der Waals surface area contributed by atoms with Gasteiger partial charge in [-0.2, -0.15) is 0 Å². The Kier molecular flexibility index (Phi) is 10.2. The van der Waals surface area contributed by atoms with Crippen molar-refractivity contribution >= 4 is 12.2 Å². The van der Waals surface area contributed by atoms with Crippen LogP contribution in [0.4, 0.5) is 0 Å². The minimum absolute atomic E-state index is 0.338. The highest BCUT2D eigenvalue weighted by Gasteiger charge is 2.25. The molecular formula is C12H25NO3. The lowest BCUT2D eigenvalue weighted by molar-refractivity contribution is -0.143. The average Bonchev–Trinajstić information content (AvgIpc) is 2.24. The Morgan fingerprint density at radius 2 is 1.81 bits per heavy atom. The quantitative estimate of drug-likeness (QED) is 0.412. The zero-order valence-electron chi connectivity index (χ0n) is 11.4. The summed E-state index contributed by atoms with van der Waals surface area (Å²) in [6.07, 6.45) is 0.344. The molecule has 0 bridgehead atoms. The van der Waals surface area contributed by atoms with Gasteiger partial charge in [-0.05, 0) is 27.7 Å². The highest BCUT2D eigenvalue weighted by molar-refractivity contribution is 6.23. The van der Waals surface area contributed by atoms with Gasteiger partial charge in [0.15, 0.2) is 0 Å². The molecule has 96 valence electrons. The van der Waals surface area contributed by atoms with E-state index in [1.807, 2.05) is 41.5 Å². The van der Waals surface area contributed by atoms with Crippen LogP contribution in [0, 0.1) is 0 Å². The first-order chi connectivity index (χ1) is 7.43. The summed E-state index contributed by atoms with van der Waals surface area (Å²) >= 11 is 0. The van der Waals surface area contributed by atoms with Crippen LogP contribution in [0.5, 0.6) is 0 Å². The first kappa shape index (κ1) is 17.5. The van der Waals surface area contributed by atoms with Crippen molar-refractivity contribution in [1.29, 1.82) is 0 Å². The Labute approximate surface area is 99.0 Å². The van der Waals surface area contributed by atoms with Gasteiger partial charge >= 0.3 is 0 Å². The number of hydrogen-bond donors (Lipinski definition) is 0. The van der Waals surface area contributed by atoms with Gasteiger partial charge < -0.3 is 9.64 Å². The Hall–Kier alpha value is -0.900. The van der Waals surface area contributed by atoms with Crippen molar-refractivity contribution < 1.29 is 14.3 Å². The molecule has 0 aromatic heterocycles. The van der Waals surface area contributed by atoms with E-state index in [9.17, 15) is 9.59 Å². The van der Waals surface area contributed by atoms with E-state index >= 15 is 0 Å². The first-order valence-electron chi connectivity index (χ1n) is 5.78. The third kappa shape index (κ3) is 7.40. The zero-order valence-corrected chi connectivity index (χ0v) is 11.4. The summed E-state index contributed by atoms with van der Waals surface area (Å²) in [5.41, 5.74) is -0.338. The van der Waals surface area contributed by atoms with E-state index in [1.165, 1.54) is 4.90 Å². The number of hydrogen-bond acceptors (Lipinski definition) is 3. The Balaban J connectivity index is 0. The van der Waals surface area contributed by atoms with Gasteiger partial charge in [0.2, 0.25) is 6.29 Å². The third-order valence-electron chi connectivity index (χ3n) is 1.84. The van der Waals surface area contributed by atoms with Gasteiger partial charge in [0.1, 0.15) is 0 Å². The van der Waals surface area contributed by atoms with Crippen molar-refractivity contribution in [3.05, 3.63) is 0 Å². The first-order valence-corrected chi connectivity index (χ1v) is 5.78. The van der Waals surface area contributed by atoms with Crippen molar-refractivity contribution in [2.75, 3.05) is 19.8 Å². The second-order valence-corrected chi connectivity index (χ2v) is 3.98. The number of carbonyl (C=O) groups is 2. The molecule has 0 rings (SSSR count). The van der Waals surface area contributed by atoms with Crippen LogP contribution in [-0.4, -0.2) is 42.4 Å². The van der Waals surface area contributed by atoms with Gasteiger partial charge in [-0.1, -0.05) is 13.8 Å². The summed E-state index contributed by atoms with van der Waals surface area (Å²) < 4.78 is 5.14. The van der Waals surface area contributed by atoms with E-state index < -0.39 is 5.91 Å². The van der Waals surface area contributed by atoms with E-state index in [1.54, 1.807) is 0 Å². The smallest absolute Gasteiger partial charge is 0.287 e. The second-order valence-electron chi connectivity index (χ2n) is 3.98. The lowest BCUT2D eigenvalue weighted by Gasteiger charge is -2.34. The molecule has 0 spiro atoms. The van der Waals surface area contributed by atoms with Crippen molar-refractivity contribution in [3.8, 4) is 0 Å². The highest BCUT2D eigenvalue weighted by Crippen LogP contribution is 2.12. The van der Waals surface area contributed by atoms with Crippen LogP contribution in [0.15, 0.2) is 0 Å². The SMILES string of the molecule is CC.CCOCCN(C(=O)C=O)C(C)(C)C. The molecule has 0 fully saturated rings. The van der Waals surface area contributed by atoms with E-state index in [0.717, 1.165) is 0 Å². The molecule has 0 radical (unpaired) electrons. The van der Waals surface area contributed by atoms with Gasteiger partial charge in [-0.3, -0.25) is 9.59 Å². The number of carbonyl (C=O) groups excluding carboxylic acids is 2. The molecule has 0 N–H and O–H groups in total. The molecular weight excluding hydrogens is 206 g/mol. The van der Waals surface area contributed by atoms with Crippen molar-refractivity contribution in [2.24, 2.45) is 0 Å². The summed E-state index contributed by atoms with van der Waals surface area (Å²) in [6.45, 7) is 13.1. The van der Waals surface area contributed by atoms with Gasteiger partial charge in [0.05, 0.1) is 6.61 Å². The lowest BCUT2D eigenvalue weighted by atomic mass is 10.1. The lowest BCUT2D eigenvalue weighted by Crippen LogP contribution is -2.47. The maximum Gasteiger partial charge on any atom is 0.287 e. The Morgan fingerprint density at radius 1 is 1.31 bits per heavy atom. The van der Waals surface area contributed by atoms with Crippen LogP contribution >= 0.6 is 0 Å². The molecule has 0 unspecified atom stereocenters. The summed E-state index contributed by atoms with van der Waals surface area (Å²) in [5.74, 6) is -0.489. The molecule has 0 aliphatic carbocycles. The minimum atomic E-state index is -0.489. The van der Waals surface area contributed by atoms with Crippen LogP contribution in [-0.2, 0) is 14.3 Å². The molecule has 4 nitrogen and oxygen atoms in total. The number of rotatable bonds is 5. The summed E-state index contributed by atoms with van der Waals surface area (Å²) in [5, 5.41) is 0. The van der Waals surface area contributed by atoms with Gasteiger partial charge in [-0.15, -0.1) is 0 Å². The van der Waals surface area contributed by atoms with Crippen molar-refractivity contribution in [2.45, 2.75) is 47.1 Å². The summed E-state index contributed by atoms with van der Waals surface area (Å²) in [4.78, 5) is 23.2. The van der Waals surface area contributed by atoms with Gasteiger partial charge in [0, 0.05) is 18.7 Å². The van der Waals surface area contributed by atoms with Gasteiger partial charge in [0.25, 0.3) is 5.91 Å². The predicted octanol–water partition coefficient (Wildman–Crippen LogP) is 1.88. The van der Waals surface area contributed by atoms with Crippen molar-refractivity contribution in [3.63, 3.8) is 0 Å². The molecule has 0 aromatic carbocycles. The van der Waals surface area contributed by atoms with Crippen molar-refractivity contribution in [1.82, 2.24) is 4.90 Å². The van der Waals surface area contributed by atoms with Crippen LogP contribution in [0.25, 0.3) is 0 Å². The maximum atomic E-state index is 11.3. The monoisotopic (exact) mass is 231 g/mol. The highest BCUT2D eigenvalue weighted by atomic mass is 16.5. The second kappa shape index (κ2) is 9.33. The molecule has 0 saturated carbocycles. The number of aldehydes is 1. The Morgan fingerprint density at radius 3 is 2.12 bits per heavy atom. The van der Waals surface area contributed by atoms with E-state index in [0.29, 0.717) is 26.0 Å². The van der Waals surface area contributed by atoms with E-state index in [-0.39, 0.29) is 5.54 Å². The minimum Gasteiger partial charge on any atom is -0.380 e. The fourth-order valence-electron chi connectivity index (χ4n) is 1.14. The Bertz CT molecular complexity index is 197. The summed E-state index contributed by atoms with van der Waals surface area (Å²) in [7, 11) is 0. The molecule has 4 heteroatoms. The molecule has 0 atom stereocenters. The summed E-state index contributed by atoms with van der Waals surface area (Å²) in [6, 6.07) is 0. The number of amides is 1. The molecule has 0 aromatic rings. The standard InChI is InChI=1S/C10H19NO3.C2H6/c1-5-14-7-6-11(9(13)8-12)10(2,3)4;1-2/h8H,5-7H2,1-4H3;1-2H3. The van der Waals surface area contributed by atoms with Gasteiger partial charge in [-0.25, -0.2) is 0 Å². The van der Waals surface area contributed by atoms with Crippen LogP contribution in [0.3, 0.4) is 0 Å². The van der Waals surface area contributed by atoms with E-state index in [4.69, 9.17) is 4.74 Å². The fourth-order valence-corrected chi connectivity index (χ4v) is 1.14. The predicted molar refractivity (Wildman–Crippen MR) is 65.4 cm³/mol. The van der Waals surface area contributed by atoms with Crippen LogP contribution in [0.1, 0.15) is 41.5 Å². The zero-order chi connectivity index (χ0) is 13.2. The largest absolute Gasteiger partial charge is 0.380 e. The normalized spacial score (nSPS) is 10.1. The molecule has 0 aliphatic heterocycles. The molecule has 16 heavy (non-hydrogen) atoms. The van der Waals surface area contributed by atoms with E-state index in [2.05, 4.69) is 0 Å². The third-order valence-corrected chi connectivity index (χ3v) is 1.84. The number of nitrogens with zero attached hydrogens (tertiary/aromatic N) is 1. The van der Waals surface area contributed by atoms with Crippen LogP contribution in [0.2, 0.25) is 0 Å². The molecule has 0 heterocycles. The number of ether oxygens (including phenoxy) is 1. The van der Waals surface area contributed by atoms with Crippen LogP contribution < -0.4 is 0 Å². The molecule has 0 saturated heterocycles. The topological polar surface area (TPSA) is 46.6 Å².